The zero-order valence-corrected chi connectivity index (χ0v) is 21.9. The number of aliphatic hydroxyl groups is 3. The third-order valence-electron chi connectivity index (χ3n) is 7.01. The molecule has 0 saturated carbocycles. The molecule has 1 aliphatic heterocycles. The van der Waals surface area contributed by atoms with Crippen LogP contribution < -0.4 is 0 Å². The summed E-state index contributed by atoms with van der Waals surface area (Å²) in [5, 5.41) is 29.1. The van der Waals surface area contributed by atoms with Crippen molar-refractivity contribution < 1.29 is 29.6 Å². The molecule has 0 aromatic carbocycles. The monoisotopic (exact) mass is 486 g/mol. The molecule has 6 heteroatoms. The molecule has 34 heavy (non-hydrogen) atoms. The quantitative estimate of drug-likeness (QED) is 0.132. The number of unbranched alkanes of at least 4 members (excludes halogenated alkanes) is 18. The van der Waals surface area contributed by atoms with E-state index in [9.17, 15) is 20.1 Å². The Kier molecular flexibility index (Phi) is 19.9. The van der Waals surface area contributed by atoms with Crippen molar-refractivity contribution >= 4 is 5.97 Å². The fourth-order valence-electron chi connectivity index (χ4n) is 4.72. The number of ether oxygens (including phenoxy) is 2. The molecule has 1 heterocycles. The topological polar surface area (TPSA) is 96.2 Å². The van der Waals surface area contributed by atoms with Crippen LogP contribution in [0, 0.1) is 0 Å². The zero-order valence-electron chi connectivity index (χ0n) is 21.9. The molecule has 1 fully saturated rings. The van der Waals surface area contributed by atoms with Crippen molar-refractivity contribution in [2.24, 2.45) is 0 Å². The average molecular weight is 487 g/mol. The smallest absolute Gasteiger partial charge is 0.306 e. The van der Waals surface area contributed by atoms with Gasteiger partial charge in [0.1, 0.15) is 18.3 Å². The summed E-state index contributed by atoms with van der Waals surface area (Å²) in [6.07, 6.45) is 21.0. The minimum atomic E-state index is -1.21. The van der Waals surface area contributed by atoms with Gasteiger partial charge in [-0.25, -0.2) is 0 Å². The van der Waals surface area contributed by atoms with Crippen molar-refractivity contribution in [2.45, 2.75) is 160 Å². The molecule has 0 unspecified atom stereocenters. The summed E-state index contributed by atoms with van der Waals surface area (Å²) < 4.78 is 10.4. The van der Waals surface area contributed by atoms with Gasteiger partial charge in [-0.3, -0.25) is 4.79 Å². The number of hydrogen-bond acceptors (Lipinski definition) is 6. The molecule has 202 valence electrons. The van der Waals surface area contributed by atoms with Crippen LogP contribution in [0.3, 0.4) is 0 Å². The fourth-order valence-corrected chi connectivity index (χ4v) is 4.72. The standard InChI is InChI=1S/C28H54O6/c1-2-3-4-5-6-7-8-9-10-11-12-13-14-15-16-17-18-19-20-21-26(31)34-28-24(30)23-33-25(22-29)27(28)32/h24-25,27-30,32H,2-23H2,1H3/t24-,25-,27-,28-/m1/s1. The van der Waals surface area contributed by atoms with E-state index in [1.807, 2.05) is 0 Å². The Balaban J connectivity index is 1.83. The van der Waals surface area contributed by atoms with Gasteiger partial charge in [0, 0.05) is 6.42 Å². The summed E-state index contributed by atoms with van der Waals surface area (Å²) in [7, 11) is 0. The van der Waals surface area contributed by atoms with E-state index >= 15 is 0 Å². The van der Waals surface area contributed by atoms with E-state index < -0.39 is 30.4 Å². The molecule has 1 rings (SSSR count). The molecule has 0 aromatic heterocycles. The first-order valence-electron chi connectivity index (χ1n) is 14.4. The van der Waals surface area contributed by atoms with Crippen molar-refractivity contribution in [3.63, 3.8) is 0 Å². The number of rotatable bonds is 22. The maximum Gasteiger partial charge on any atom is 0.306 e. The summed E-state index contributed by atoms with van der Waals surface area (Å²) in [5.74, 6) is -0.409. The van der Waals surface area contributed by atoms with Crippen LogP contribution in [0.1, 0.15) is 135 Å². The maximum absolute atomic E-state index is 12.0. The van der Waals surface area contributed by atoms with Crippen LogP contribution in [0.5, 0.6) is 0 Å². The SMILES string of the molecule is CCCCCCCCCCCCCCCCCCCCCC(=O)O[C@H]1[C@H](O)[C@@H](CO)OC[C@H]1O. The minimum Gasteiger partial charge on any atom is -0.457 e. The Morgan fingerprint density at radius 2 is 1.15 bits per heavy atom. The molecule has 0 radical (unpaired) electrons. The molecule has 1 saturated heterocycles. The van der Waals surface area contributed by atoms with Crippen LogP contribution in [0.15, 0.2) is 0 Å². The van der Waals surface area contributed by atoms with Crippen LogP contribution in [-0.2, 0) is 14.3 Å². The van der Waals surface area contributed by atoms with Gasteiger partial charge in [-0.15, -0.1) is 0 Å². The predicted octanol–water partition coefficient (Wildman–Crippen LogP) is 5.83. The lowest BCUT2D eigenvalue weighted by Crippen LogP contribution is -2.55. The van der Waals surface area contributed by atoms with E-state index in [1.165, 1.54) is 103 Å². The van der Waals surface area contributed by atoms with Crippen LogP contribution in [0.25, 0.3) is 0 Å². The molecule has 0 aliphatic carbocycles. The van der Waals surface area contributed by atoms with E-state index in [4.69, 9.17) is 9.47 Å². The lowest BCUT2D eigenvalue weighted by Gasteiger charge is -2.36. The summed E-state index contributed by atoms with van der Waals surface area (Å²) in [5.41, 5.74) is 0. The summed E-state index contributed by atoms with van der Waals surface area (Å²) in [6.45, 7) is 1.84. The highest BCUT2D eigenvalue weighted by Crippen LogP contribution is 2.20. The maximum atomic E-state index is 12.0. The molecule has 0 bridgehead atoms. The number of aliphatic hydroxyl groups excluding tert-OH is 3. The first-order chi connectivity index (χ1) is 16.6. The normalized spacial score (nSPS) is 22.7. The number of carbonyl (C=O) groups is 1. The lowest BCUT2D eigenvalue weighted by molar-refractivity contribution is -0.213. The highest BCUT2D eigenvalue weighted by Gasteiger charge is 2.40. The third-order valence-corrected chi connectivity index (χ3v) is 7.01. The second-order valence-corrected chi connectivity index (χ2v) is 10.2. The van der Waals surface area contributed by atoms with E-state index in [1.54, 1.807) is 0 Å². The molecular formula is C28H54O6. The van der Waals surface area contributed by atoms with Crippen molar-refractivity contribution in [3.05, 3.63) is 0 Å². The summed E-state index contributed by atoms with van der Waals surface area (Å²) >= 11 is 0. The Hall–Kier alpha value is -0.690. The second-order valence-electron chi connectivity index (χ2n) is 10.2. The Morgan fingerprint density at radius 1 is 0.735 bits per heavy atom. The Labute approximate surface area is 208 Å². The summed E-state index contributed by atoms with van der Waals surface area (Å²) in [6, 6.07) is 0. The predicted molar refractivity (Wildman–Crippen MR) is 137 cm³/mol. The summed E-state index contributed by atoms with van der Waals surface area (Å²) in [4.78, 5) is 12.0. The van der Waals surface area contributed by atoms with E-state index in [2.05, 4.69) is 6.92 Å². The molecular weight excluding hydrogens is 432 g/mol. The van der Waals surface area contributed by atoms with Gasteiger partial charge in [0.15, 0.2) is 6.10 Å². The third kappa shape index (κ3) is 15.3. The first kappa shape index (κ1) is 31.3. The molecule has 4 atom stereocenters. The van der Waals surface area contributed by atoms with Crippen molar-refractivity contribution in [1.29, 1.82) is 0 Å². The molecule has 0 spiro atoms. The van der Waals surface area contributed by atoms with Gasteiger partial charge in [0.25, 0.3) is 0 Å². The molecule has 3 N–H and O–H groups in total. The Morgan fingerprint density at radius 3 is 1.56 bits per heavy atom. The number of hydrogen-bond donors (Lipinski definition) is 3. The van der Waals surface area contributed by atoms with Gasteiger partial charge in [0.05, 0.1) is 13.2 Å². The molecule has 6 nitrogen and oxygen atoms in total. The largest absolute Gasteiger partial charge is 0.457 e. The van der Waals surface area contributed by atoms with Gasteiger partial charge in [-0.1, -0.05) is 122 Å². The van der Waals surface area contributed by atoms with Crippen molar-refractivity contribution in [2.75, 3.05) is 13.2 Å². The second kappa shape index (κ2) is 21.6. The van der Waals surface area contributed by atoms with Gasteiger partial charge in [0.2, 0.25) is 0 Å². The Bertz CT molecular complexity index is 472. The molecule has 0 amide bonds. The number of carbonyl (C=O) groups excluding carboxylic acids is 1. The highest BCUT2D eigenvalue weighted by atomic mass is 16.6. The van der Waals surface area contributed by atoms with Crippen LogP contribution in [-0.4, -0.2) is 58.9 Å². The minimum absolute atomic E-state index is 0.0561. The number of esters is 1. The van der Waals surface area contributed by atoms with Crippen LogP contribution >= 0.6 is 0 Å². The lowest BCUT2D eigenvalue weighted by atomic mass is 10.0. The highest BCUT2D eigenvalue weighted by molar-refractivity contribution is 5.69. The van der Waals surface area contributed by atoms with Crippen LogP contribution in [0.2, 0.25) is 0 Å². The van der Waals surface area contributed by atoms with E-state index in [-0.39, 0.29) is 13.2 Å². The van der Waals surface area contributed by atoms with Gasteiger partial charge in [-0.05, 0) is 6.42 Å². The first-order valence-corrected chi connectivity index (χ1v) is 14.4. The van der Waals surface area contributed by atoms with Gasteiger partial charge >= 0.3 is 5.97 Å². The van der Waals surface area contributed by atoms with Gasteiger partial charge in [-0.2, -0.15) is 0 Å². The van der Waals surface area contributed by atoms with E-state index in [0.29, 0.717) is 6.42 Å². The van der Waals surface area contributed by atoms with Crippen molar-refractivity contribution in [3.8, 4) is 0 Å². The zero-order chi connectivity index (χ0) is 24.9. The fraction of sp³-hybridized carbons (Fsp3) is 0.964. The van der Waals surface area contributed by atoms with Crippen molar-refractivity contribution in [1.82, 2.24) is 0 Å². The average Bonchev–Trinajstić information content (AvgIpc) is 2.83. The van der Waals surface area contributed by atoms with Crippen LogP contribution in [0.4, 0.5) is 0 Å². The van der Waals surface area contributed by atoms with E-state index in [0.717, 1.165) is 19.3 Å². The molecule has 0 aromatic rings. The van der Waals surface area contributed by atoms with Gasteiger partial charge < -0.3 is 24.8 Å². The molecule has 1 aliphatic rings.